The highest BCUT2D eigenvalue weighted by atomic mass is 32.2. The van der Waals surface area contributed by atoms with Crippen LogP contribution in [0.3, 0.4) is 0 Å². The molecule has 0 spiro atoms. The number of rotatable bonds is 6. The van der Waals surface area contributed by atoms with Crippen LogP contribution in [0, 0.1) is 0 Å². The van der Waals surface area contributed by atoms with Crippen molar-refractivity contribution >= 4 is 29.5 Å². The molecule has 0 amide bonds. The lowest BCUT2D eigenvalue weighted by Crippen LogP contribution is -2.25. The van der Waals surface area contributed by atoms with Gasteiger partial charge in [0, 0.05) is 54.6 Å². The van der Waals surface area contributed by atoms with Gasteiger partial charge in [0.15, 0.2) is 0 Å². The maximum Gasteiger partial charge on any atom is 0.203 e. The number of imidazole rings is 1. The molecule has 0 radical (unpaired) electrons. The summed E-state index contributed by atoms with van der Waals surface area (Å²) in [6.45, 7) is 3.84. The summed E-state index contributed by atoms with van der Waals surface area (Å²) in [7, 11) is 1.72. The summed E-state index contributed by atoms with van der Waals surface area (Å²) in [6.07, 6.45) is 3.92. The molecule has 1 N–H and O–H groups in total. The van der Waals surface area contributed by atoms with Gasteiger partial charge in [-0.25, -0.2) is 4.98 Å². The fourth-order valence-electron chi connectivity index (χ4n) is 1.97. The number of thioether (sulfide) groups is 2. The molecule has 1 fully saturated rings. The van der Waals surface area contributed by atoms with Crippen molar-refractivity contribution in [2.24, 2.45) is 0 Å². The maximum absolute atomic E-state index is 5.14. The summed E-state index contributed by atoms with van der Waals surface area (Å²) < 4.78 is 7.35. The summed E-state index contributed by atoms with van der Waals surface area (Å²) in [5.74, 6) is 4.76. The highest BCUT2D eigenvalue weighted by molar-refractivity contribution is 8.06. The van der Waals surface area contributed by atoms with Crippen molar-refractivity contribution in [3.63, 3.8) is 0 Å². The summed E-state index contributed by atoms with van der Waals surface area (Å²) in [6, 6.07) is 0.282. The van der Waals surface area contributed by atoms with E-state index in [1.54, 1.807) is 7.11 Å². The lowest BCUT2D eigenvalue weighted by atomic mass is 10.4. The van der Waals surface area contributed by atoms with Gasteiger partial charge in [-0.05, 0) is 6.92 Å². The zero-order valence-electron chi connectivity index (χ0n) is 11.0. The Morgan fingerprint density at radius 2 is 2.50 bits per heavy atom. The highest BCUT2D eigenvalue weighted by Gasteiger charge is 2.16. The molecule has 2 unspecified atom stereocenters. The van der Waals surface area contributed by atoms with Gasteiger partial charge in [-0.1, -0.05) is 0 Å². The third-order valence-electron chi connectivity index (χ3n) is 2.79. The largest absolute Gasteiger partial charge is 0.383 e. The van der Waals surface area contributed by atoms with Crippen molar-refractivity contribution in [1.29, 1.82) is 0 Å². The molecular formula is C12H21N3OS2. The summed E-state index contributed by atoms with van der Waals surface area (Å²) in [5, 5.41) is 4.10. The molecule has 0 saturated carbocycles. The van der Waals surface area contributed by atoms with Crippen molar-refractivity contribution in [3.8, 4) is 0 Å². The first kappa shape index (κ1) is 14.1. The molecule has 1 aliphatic rings. The zero-order chi connectivity index (χ0) is 12.8. The molecule has 0 aromatic carbocycles. The van der Waals surface area contributed by atoms with E-state index in [1.165, 1.54) is 17.3 Å². The Morgan fingerprint density at radius 1 is 1.61 bits per heavy atom. The van der Waals surface area contributed by atoms with E-state index in [0.29, 0.717) is 11.9 Å². The van der Waals surface area contributed by atoms with Crippen LogP contribution in [0.5, 0.6) is 0 Å². The first-order valence-corrected chi connectivity index (χ1v) is 8.46. The van der Waals surface area contributed by atoms with E-state index in [-0.39, 0.29) is 6.04 Å². The van der Waals surface area contributed by atoms with Crippen LogP contribution in [0.1, 0.15) is 6.92 Å². The minimum Gasteiger partial charge on any atom is -0.383 e. The minimum atomic E-state index is 0.282. The van der Waals surface area contributed by atoms with Crippen LogP contribution in [-0.2, 0) is 11.3 Å². The van der Waals surface area contributed by atoms with Gasteiger partial charge in [0.2, 0.25) is 5.95 Å². The zero-order valence-corrected chi connectivity index (χ0v) is 12.6. The smallest absolute Gasteiger partial charge is 0.203 e. The molecule has 0 aliphatic carbocycles. The lowest BCUT2D eigenvalue weighted by molar-refractivity contribution is 0.190. The second kappa shape index (κ2) is 7.31. The van der Waals surface area contributed by atoms with E-state index in [0.717, 1.165) is 12.5 Å². The number of aromatic nitrogens is 2. The van der Waals surface area contributed by atoms with Gasteiger partial charge in [0.25, 0.3) is 0 Å². The van der Waals surface area contributed by atoms with E-state index in [1.807, 2.05) is 6.20 Å². The average Bonchev–Trinajstić information content (AvgIpc) is 2.78. The van der Waals surface area contributed by atoms with Gasteiger partial charge >= 0.3 is 0 Å². The first-order valence-electron chi connectivity index (χ1n) is 6.25. The number of nitrogens with one attached hydrogen (secondary N) is 1. The Bertz CT molecular complexity index is 353. The molecule has 6 heteroatoms. The van der Waals surface area contributed by atoms with Crippen LogP contribution in [0.15, 0.2) is 12.4 Å². The second-order valence-electron chi connectivity index (χ2n) is 4.47. The third kappa shape index (κ3) is 4.10. The number of ether oxygens (including phenoxy) is 1. The van der Waals surface area contributed by atoms with Crippen LogP contribution in [0.25, 0.3) is 0 Å². The highest BCUT2D eigenvalue weighted by Crippen LogP contribution is 2.26. The lowest BCUT2D eigenvalue weighted by Gasteiger charge is -2.23. The molecule has 1 aromatic heterocycles. The Labute approximate surface area is 117 Å². The first-order chi connectivity index (χ1) is 8.79. The van der Waals surface area contributed by atoms with E-state index in [9.17, 15) is 0 Å². The Balaban J connectivity index is 1.90. The van der Waals surface area contributed by atoms with Gasteiger partial charge in [0.05, 0.1) is 6.61 Å². The van der Waals surface area contributed by atoms with E-state index >= 15 is 0 Å². The summed E-state index contributed by atoms with van der Waals surface area (Å²) in [4.78, 5) is 4.38. The fraction of sp³-hybridized carbons (Fsp3) is 0.750. The molecule has 1 saturated heterocycles. The van der Waals surface area contributed by atoms with E-state index in [2.05, 4.69) is 51.5 Å². The molecule has 102 valence electrons. The van der Waals surface area contributed by atoms with Gasteiger partial charge in [0.1, 0.15) is 0 Å². The van der Waals surface area contributed by atoms with Crippen molar-refractivity contribution < 1.29 is 4.74 Å². The van der Waals surface area contributed by atoms with Crippen LogP contribution >= 0.6 is 23.5 Å². The Morgan fingerprint density at radius 3 is 3.22 bits per heavy atom. The number of methoxy groups -OCH3 is 1. The SMILES string of the molecule is COCC(C)Nc1nccn1CC1CSCCS1. The molecule has 2 rings (SSSR count). The number of hydrogen-bond acceptors (Lipinski definition) is 5. The predicted molar refractivity (Wildman–Crippen MR) is 80.8 cm³/mol. The molecule has 2 atom stereocenters. The predicted octanol–water partition coefficient (Wildman–Crippen LogP) is 2.18. The molecule has 1 aliphatic heterocycles. The number of hydrogen-bond donors (Lipinski definition) is 1. The quantitative estimate of drug-likeness (QED) is 0.868. The number of anilines is 1. The monoisotopic (exact) mass is 287 g/mol. The molecule has 0 bridgehead atoms. The fourth-order valence-corrected chi connectivity index (χ4v) is 4.63. The van der Waals surface area contributed by atoms with Crippen molar-refractivity contribution in [3.05, 3.63) is 12.4 Å². The summed E-state index contributed by atoms with van der Waals surface area (Å²) in [5.41, 5.74) is 0. The maximum atomic E-state index is 5.14. The van der Waals surface area contributed by atoms with E-state index in [4.69, 9.17) is 4.74 Å². The van der Waals surface area contributed by atoms with E-state index < -0.39 is 0 Å². The second-order valence-corrected chi connectivity index (χ2v) is 7.03. The number of nitrogens with zero attached hydrogens (tertiary/aromatic N) is 2. The van der Waals surface area contributed by atoms with Crippen molar-refractivity contribution in [1.82, 2.24) is 9.55 Å². The third-order valence-corrected chi connectivity index (χ3v) is 5.62. The Hall–Kier alpha value is -0.330. The van der Waals surface area contributed by atoms with Crippen LogP contribution < -0.4 is 5.32 Å². The van der Waals surface area contributed by atoms with Crippen molar-refractivity contribution in [2.45, 2.75) is 24.8 Å². The molecule has 18 heavy (non-hydrogen) atoms. The summed E-state index contributed by atoms with van der Waals surface area (Å²) >= 11 is 4.14. The van der Waals surface area contributed by atoms with Crippen LogP contribution in [0.4, 0.5) is 5.95 Å². The van der Waals surface area contributed by atoms with Gasteiger partial charge in [-0.3, -0.25) is 0 Å². The van der Waals surface area contributed by atoms with Crippen molar-refractivity contribution in [2.75, 3.05) is 36.3 Å². The van der Waals surface area contributed by atoms with Crippen LogP contribution in [0.2, 0.25) is 0 Å². The topological polar surface area (TPSA) is 39.1 Å². The normalized spacial score (nSPS) is 21.8. The van der Waals surface area contributed by atoms with Gasteiger partial charge in [-0.15, -0.1) is 0 Å². The average molecular weight is 287 g/mol. The molecular weight excluding hydrogens is 266 g/mol. The van der Waals surface area contributed by atoms with Gasteiger partial charge < -0.3 is 14.6 Å². The van der Waals surface area contributed by atoms with Crippen LogP contribution in [-0.4, -0.2) is 51.8 Å². The van der Waals surface area contributed by atoms with Gasteiger partial charge in [-0.2, -0.15) is 23.5 Å². The Kier molecular flexibility index (Phi) is 5.72. The molecule has 4 nitrogen and oxygen atoms in total. The molecule has 2 heterocycles. The minimum absolute atomic E-state index is 0.282. The standard InChI is InChI=1S/C12H21N3OS2/c1-10(8-16-2)14-12-13-3-4-15(12)7-11-9-17-5-6-18-11/h3-4,10-11H,5-9H2,1-2H3,(H,13,14). The molecule has 1 aromatic rings.